The molecule has 1 fully saturated rings. The Balaban J connectivity index is 1.62. The zero-order chi connectivity index (χ0) is 16.8. The molecule has 1 unspecified atom stereocenters. The zero-order valence-electron chi connectivity index (χ0n) is 13.9. The van der Waals surface area contributed by atoms with Gasteiger partial charge in [-0.2, -0.15) is 0 Å². The average molecular weight is 322 g/mol. The predicted molar refractivity (Wildman–Crippen MR) is 95.2 cm³/mol. The Morgan fingerprint density at radius 2 is 1.92 bits per heavy atom. The molecule has 0 aromatic heterocycles. The van der Waals surface area contributed by atoms with Gasteiger partial charge in [-0.15, -0.1) is 0 Å². The fourth-order valence-corrected chi connectivity index (χ4v) is 2.69. The van der Waals surface area contributed by atoms with Crippen molar-refractivity contribution in [1.82, 2.24) is 0 Å². The van der Waals surface area contributed by atoms with Crippen molar-refractivity contribution in [3.63, 3.8) is 0 Å². The molecule has 0 aliphatic carbocycles. The van der Waals surface area contributed by atoms with Gasteiger partial charge in [0.1, 0.15) is 5.75 Å². The van der Waals surface area contributed by atoms with Crippen molar-refractivity contribution in [1.29, 1.82) is 0 Å². The fourth-order valence-electron chi connectivity index (χ4n) is 2.69. The first-order valence-corrected chi connectivity index (χ1v) is 8.39. The van der Waals surface area contributed by atoms with E-state index in [9.17, 15) is 4.79 Å². The maximum absolute atomic E-state index is 12.3. The van der Waals surface area contributed by atoms with Crippen LogP contribution in [0.25, 0.3) is 6.08 Å². The van der Waals surface area contributed by atoms with E-state index in [1.54, 1.807) is 18.2 Å². The third-order valence-corrected chi connectivity index (χ3v) is 4.15. The molecule has 1 aliphatic heterocycles. The molecule has 124 valence electrons. The lowest BCUT2D eigenvalue weighted by atomic mass is 10.1. The van der Waals surface area contributed by atoms with E-state index in [-0.39, 0.29) is 12.1 Å². The van der Waals surface area contributed by atoms with E-state index in [4.69, 9.17) is 9.47 Å². The van der Waals surface area contributed by atoms with Crippen LogP contribution in [0, 0.1) is 6.92 Å². The largest absolute Gasteiger partial charge is 0.465 e. The van der Waals surface area contributed by atoms with Crippen LogP contribution in [0.5, 0.6) is 5.75 Å². The molecule has 1 atom stereocenters. The van der Waals surface area contributed by atoms with Crippen LogP contribution in [-0.4, -0.2) is 18.7 Å². The third-order valence-electron chi connectivity index (χ3n) is 4.15. The highest BCUT2D eigenvalue weighted by atomic mass is 16.7. The van der Waals surface area contributed by atoms with Gasteiger partial charge < -0.3 is 9.47 Å². The van der Waals surface area contributed by atoms with Crippen LogP contribution in [0.2, 0.25) is 0 Å². The molecule has 0 radical (unpaired) electrons. The van der Waals surface area contributed by atoms with Crippen LogP contribution < -0.4 is 4.74 Å². The normalized spacial score (nSPS) is 17.8. The summed E-state index contributed by atoms with van der Waals surface area (Å²) < 4.78 is 11.3. The lowest BCUT2D eigenvalue weighted by molar-refractivity contribution is -0.105. The summed E-state index contributed by atoms with van der Waals surface area (Å²) in [6.07, 6.45) is 6.45. The summed E-state index contributed by atoms with van der Waals surface area (Å²) in [5.41, 5.74) is 2.86. The Labute approximate surface area is 142 Å². The SMILES string of the molecule is Cc1ccccc1C=CC(=O)c1ccc(OC2CCCCO2)cc1. The number of ketones is 1. The highest BCUT2D eigenvalue weighted by molar-refractivity contribution is 6.06. The summed E-state index contributed by atoms with van der Waals surface area (Å²) in [6.45, 7) is 2.79. The van der Waals surface area contributed by atoms with Gasteiger partial charge in [-0.25, -0.2) is 0 Å². The van der Waals surface area contributed by atoms with E-state index in [0.29, 0.717) is 5.56 Å². The summed E-state index contributed by atoms with van der Waals surface area (Å²) in [5, 5.41) is 0. The van der Waals surface area contributed by atoms with Crippen LogP contribution in [0.3, 0.4) is 0 Å². The minimum absolute atomic E-state index is 0.0151. The standard InChI is InChI=1S/C21H22O3/c1-16-6-2-3-7-17(16)11-14-20(22)18-9-12-19(13-10-18)24-21-8-4-5-15-23-21/h2-3,6-7,9-14,21H,4-5,8,15H2,1H3. The van der Waals surface area contributed by atoms with Crippen molar-refractivity contribution in [2.45, 2.75) is 32.5 Å². The van der Waals surface area contributed by atoms with Crippen molar-refractivity contribution in [3.8, 4) is 5.75 Å². The minimum Gasteiger partial charge on any atom is -0.465 e. The third kappa shape index (κ3) is 4.33. The quantitative estimate of drug-likeness (QED) is 0.586. The molecular weight excluding hydrogens is 300 g/mol. The van der Waals surface area contributed by atoms with Gasteiger partial charge >= 0.3 is 0 Å². The number of hydrogen-bond acceptors (Lipinski definition) is 3. The number of carbonyl (C=O) groups is 1. The maximum Gasteiger partial charge on any atom is 0.199 e. The van der Waals surface area contributed by atoms with E-state index in [1.165, 1.54) is 0 Å². The average Bonchev–Trinajstić information content (AvgIpc) is 2.62. The molecule has 0 saturated carbocycles. The molecule has 3 nitrogen and oxygen atoms in total. The summed E-state index contributed by atoms with van der Waals surface area (Å²) in [4.78, 5) is 12.3. The molecule has 1 saturated heterocycles. The molecular formula is C21H22O3. The van der Waals surface area contributed by atoms with Gasteiger partial charge in [-0.05, 0) is 61.2 Å². The topological polar surface area (TPSA) is 35.5 Å². The maximum atomic E-state index is 12.3. The second-order valence-corrected chi connectivity index (χ2v) is 5.99. The lowest BCUT2D eigenvalue weighted by Crippen LogP contribution is -2.24. The Morgan fingerprint density at radius 1 is 1.12 bits per heavy atom. The Hall–Kier alpha value is -2.39. The molecule has 0 bridgehead atoms. The predicted octanol–water partition coefficient (Wildman–Crippen LogP) is 4.80. The number of rotatable bonds is 5. The van der Waals surface area contributed by atoms with Crippen molar-refractivity contribution in [2.24, 2.45) is 0 Å². The molecule has 3 rings (SSSR count). The second kappa shape index (κ2) is 7.93. The van der Waals surface area contributed by atoms with E-state index in [2.05, 4.69) is 0 Å². The second-order valence-electron chi connectivity index (χ2n) is 5.99. The molecule has 2 aromatic rings. The molecule has 2 aromatic carbocycles. The van der Waals surface area contributed by atoms with Crippen LogP contribution in [0.4, 0.5) is 0 Å². The molecule has 0 N–H and O–H groups in total. The lowest BCUT2D eigenvalue weighted by Gasteiger charge is -2.23. The van der Waals surface area contributed by atoms with Gasteiger partial charge in [0.05, 0.1) is 6.61 Å². The summed E-state index contributed by atoms with van der Waals surface area (Å²) in [6, 6.07) is 15.2. The van der Waals surface area contributed by atoms with Gasteiger partial charge in [-0.1, -0.05) is 30.3 Å². The van der Waals surface area contributed by atoms with Gasteiger partial charge in [0.25, 0.3) is 0 Å². The highest BCUT2D eigenvalue weighted by Gasteiger charge is 2.15. The summed E-state index contributed by atoms with van der Waals surface area (Å²) >= 11 is 0. The van der Waals surface area contributed by atoms with Gasteiger partial charge in [0, 0.05) is 12.0 Å². The first-order valence-electron chi connectivity index (χ1n) is 8.39. The molecule has 1 heterocycles. The van der Waals surface area contributed by atoms with Gasteiger partial charge in [-0.3, -0.25) is 4.79 Å². The van der Waals surface area contributed by atoms with Crippen LogP contribution >= 0.6 is 0 Å². The van der Waals surface area contributed by atoms with E-state index >= 15 is 0 Å². The Morgan fingerprint density at radius 3 is 2.62 bits per heavy atom. The van der Waals surface area contributed by atoms with Crippen molar-refractivity contribution < 1.29 is 14.3 Å². The number of aryl methyl sites for hydroxylation is 1. The number of hydrogen-bond donors (Lipinski definition) is 0. The number of carbonyl (C=O) groups excluding carboxylic acids is 1. The van der Waals surface area contributed by atoms with E-state index in [1.807, 2.05) is 49.4 Å². The van der Waals surface area contributed by atoms with Gasteiger partial charge in [0.2, 0.25) is 0 Å². The molecule has 0 spiro atoms. The monoisotopic (exact) mass is 322 g/mol. The minimum atomic E-state index is -0.166. The molecule has 1 aliphatic rings. The first kappa shape index (κ1) is 16.5. The molecule has 3 heteroatoms. The van der Waals surface area contributed by atoms with Crippen LogP contribution in [-0.2, 0) is 4.74 Å². The molecule has 0 amide bonds. The zero-order valence-corrected chi connectivity index (χ0v) is 13.9. The Bertz CT molecular complexity index is 710. The highest BCUT2D eigenvalue weighted by Crippen LogP contribution is 2.20. The number of allylic oxidation sites excluding steroid dienone is 1. The number of benzene rings is 2. The van der Waals surface area contributed by atoms with Crippen LogP contribution in [0.1, 0.15) is 40.7 Å². The molecule has 24 heavy (non-hydrogen) atoms. The van der Waals surface area contributed by atoms with Crippen molar-refractivity contribution in [2.75, 3.05) is 6.61 Å². The fraction of sp³-hybridized carbons (Fsp3) is 0.286. The van der Waals surface area contributed by atoms with Crippen LogP contribution in [0.15, 0.2) is 54.6 Å². The van der Waals surface area contributed by atoms with E-state index < -0.39 is 0 Å². The Kier molecular flexibility index (Phi) is 5.44. The first-order chi connectivity index (χ1) is 11.7. The van der Waals surface area contributed by atoms with Crippen molar-refractivity contribution in [3.05, 3.63) is 71.3 Å². The number of ether oxygens (including phenoxy) is 2. The smallest absolute Gasteiger partial charge is 0.199 e. The van der Waals surface area contributed by atoms with E-state index in [0.717, 1.165) is 42.7 Å². The summed E-state index contributed by atoms with van der Waals surface area (Å²) in [7, 11) is 0. The van der Waals surface area contributed by atoms with Crippen molar-refractivity contribution >= 4 is 11.9 Å². The summed E-state index contributed by atoms with van der Waals surface area (Å²) in [5.74, 6) is 0.722. The van der Waals surface area contributed by atoms with Gasteiger partial charge in [0.15, 0.2) is 12.1 Å².